The van der Waals surface area contributed by atoms with Crippen molar-refractivity contribution in [1.29, 1.82) is 0 Å². The van der Waals surface area contributed by atoms with Gasteiger partial charge in [-0.15, -0.1) is 0 Å². The third kappa shape index (κ3) is 57.1. The first-order valence-corrected chi connectivity index (χ1v) is 32.6. The first-order chi connectivity index (χ1) is 38.2. The molecule has 12 heteroatoms. The van der Waals surface area contributed by atoms with Crippen molar-refractivity contribution in [3.63, 3.8) is 0 Å². The van der Waals surface area contributed by atoms with E-state index in [1.807, 2.05) is 0 Å². The number of aliphatic hydroxyl groups excluding tert-OH is 1. The minimum absolute atomic E-state index is 0.120. The number of carbonyl (C=O) groups excluding carboxylic acids is 3. The smallest absolute Gasteiger partial charge is 0.462 e. The van der Waals surface area contributed by atoms with Gasteiger partial charge in [-0.05, 0) is 96.3 Å². The maximum Gasteiger partial charge on any atom is 0.472 e. The molecule has 0 rings (SSSR count). The number of carbonyl (C=O) groups is 3. The zero-order valence-corrected chi connectivity index (χ0v) is 50.5. The highest BCUT2D eigenvalue weighted by atomic mass is 31.2. The SMILES string of the molecule is CC/C=C\C/C=C\C/C=C\C/C=C\CCCCCCC(=O)OCC(COP(=O)(O)OCC(CO)OC(=O)CCCC/C=C\C/C=C\C/C=C\C/C=C\CC)OC(=O)CCCCCCCCCCCCCCCCCCCCC. The van der Waals surface area contributed by atoms with E-state index in [1.54, 1.807) is 0 Å². The van der Waals surface area contributed by atoms with Gasteiger partial charge in [0.2, 0.25) is 0 Å². The van der Waals surface area contributed by atoms with E-state index >= 15 is 0 Å². The lowest BCUT2D eigenvalue weighted by Crippen LogP contribution is -2.30. The van der Waals surface area contributed by atoms with Gasteiger partial charge in [0, 0.05) is 19.3 Å². The molecule has 448 valence electrons. The Morgan fingerprint density at radius 3 is 1.05 bits per heavy atom. The molecule has 0 aromatic heterocycles. The summed E-state index contributed by atoms with van der Waals surface area (Å²) < 4.78 is 39.6. The van der Waals surface area contributed by atoms with Gasteiger partial charge in [-0.25, -0.2) is 4.57 Å². The Kier molecular flexibility index (Phi) is 56.8. The van der Waals surface area contributed by atoms with Gasteiger partial charge < -0.3 is 24.2 Å². The third-order valence-corrected chi connectivity index (χ3v) is 14.0. The Bertz CT molecular complexity index is 1680. The van der Waals surface area contributed by atoms with Crippen LogP contribution in [0, 0.1) is 0 Å². The lowest BCUT2D eigenvalue weighted by Gasteiger charge is -2.21. The fourth-order valence-corrected chi connectivity index (χ4v) is 9.12. The molecule has 0 bridgehead atoms. The van der Waals surface area contributed by atoms with Crippen LogP contribution in [0.15, 0.2) is 97.2 Å². The molecular formula is C66H113O11P. The quantitative estimate of drug-likeness (QED) is 0.0197. The van der Waals surface area contributed by atoms with E-state index in [-0.39, 0.29) is 25.9 Å². The molecule has 0 radical (unpaired) electrons. The van der Waals surface area contributed by atoms with E-state index < -0.39 is 57.8 Å². The van der Waals surface area contributed by atoms with Gasteiger partial charge >= 0.3 is 25.7 Å². The van der Waals surface area contributed by atoms with E-state index in [9.17, 15) is 28.9 Å². The number of allylic oxidation sites excluding steroid dienone is 16. The average molecular weight is 1110 g/mol. The maximum atomic E-state index is 13.0. The number of phosphoric acid groups is 1. The second kappa shape index (κ2) is 59.5. The number of ether oxygens (including phenoxy) is 3. The van der Waals surface area contributed by atoms with Crippen molar-refractivity contribution < 1.29 is 52.2 Å². The topological polar surface area (TPSA) is 155 Å². The molecule has 0 saturated heterocycles. The lowest BCUT2D eigenvalue weighted by atomic mass is 10.0. The summed E-state index contributed by atoms with van der Waals surface area (Å²) >= 11 is 0. The van der Waals surface area contributed by atoms with Crippen LogP contribution in [0.25, 0.3) is 0 Å². The number of rotatable bonds is 57. The maximum absolute atomic E-state index is 13.0. The second-order valence-electron chi connectivity index (χ2n) is 20.5. The number of esters is 3. The summed E-state index contributed by atoms with van der Waals surface area (Å²) in [6.45, 7) is 4.37. The van der Waals surface area contributed by atoms with Gasteiger partial charge in [-0.2, -0.15) is 0 Å². The summed E-state index contributed by atoms with van der Waals surface area (Å²) in [6.07, 6.45) is 70.8. The van der Waals surface area contributed by atoms with Crippen molar-refractivity contribution >= 4 is 25.7 Å². The molecule has 0 fully saturated rings. The van der Waals surface area contributed by atoms with Crippen LogP contribution in [0.5, 0.6) is 0 Å². The van der Waals surface area contributed by atoms with Crippen LogP contribution in [0.3, 0.4) is 0 Å². The molecule has 0 aromatic rings. The van der Waals surface area contributed by atoms with Gasteiger partial charge in [-0.3, -0.25) is 23.4 Å². The Balaban J connectivity index is 4.77. The number of aliphatic hydroxyl groups is 1. The Morgan fingerprint density at radius 2 is 0.667 bits per heavy atom. The van der Waals surface area contributed by atoms with Gasteiger partial charge in [-0.1, -0.05) is 246 Å². The van der Waals surface area contributed by atoms with Crippen molar-refractivity contribution in [2.75, 3.05) is 26.4 Å². The van der Waals surface area contributed by atoms with Crippen molar-refractivity contribution in [3.05, 3.63) is 97.2 Å². The molecule has 0 aliphatic rings. The van der Waals surface area contributed by atoms with Crippen LogP contribution in [-0.4, -0.2) is 66.5 Å². The number of hydrogen-bond donors (Lipinski definition) is 2. The Morgan fingerprint density at radius 1 is 0.372 bits per heavy atom. The van der Waals surface area contributed by atoms with Gasteiger partial charge in [0.1, 0.15) is 12.7 Å². The molecule has 0 heterocycles. The van der Waals surface area contributed by atoms with Crippen LogP contribution in [0.2, 0.25) is 0 Å². The first kappa shape index (κ1) is 74.4. The highest BCUT2D eigenvalue weighted by Gasteiger charge is 2.28. The van der Waals surface area contributed by atoms with Crippen LogP contribution < -0.4 is 0 Å². The molecule has 0 spiro atoms. The molecule has 3 atom stereocenters. The molecule has 11 nitrogen and oxygen atoms in total. The van der Waals surface area contributed by atoms with Gasteiger partial charge in [0.25, 0.3) is 0 Å². The summed E-state index contributed by atoms with van der Waals surface area (Å²) in [5, 5.41) is 9.83. The van der Waals surface area contributed by atoms with E-state index in [0.29, 0.717) is 19.3 Å². The Hall–Kier alpha value is -3.60. The van der Waals surface area contributed by atoms with Crippen molar-refractivity contribution in [3.8, 4) is 0 Å². The normalized spacial score (nSPS) is 14.0. The fraction of sp³-hybridized carbons (Fsp3) is 0.712. The van der Waals surface area contributed by atoms with E-state index in [2.05, 4.69) is 118 Å². The van der Waals surface area contributed by atoms with E-state index in [4.69, 9.17) is 23.3 Å². The lowest BCUT2D eigenvalue weighted by molar-refractivity contribution is -0.161. The van der Waals surface area contributed by atoms with Gasteiger partial charge in [0.15, 0.2) is 6.10 Å². The summed E-state index contributed by atoms with van der Waals surface area (Å²) in [5.41, 5.74) is 0. The van der Waals surface area contributed by atoms with Crippen LogP contribution in [-0.2, 0) is 42.2 Å². The third-order valence-electron chi connectivity index (χ3n) is 13.0. The standard InChI is InChI=1S/C66H113O11P/c1-4-7-10-13-16-19-22-25-28-30-31-33-36-39-42-45-48-51-54-57-66(70)77-63(59-73-64(68)55-52-49-46-43-40-37-35-32-29-26-23-20-17-14-11-8-5-2)61-75-78(71,72)74-60-62(58-67)76-65(69)56-53-50-47-44-41-38-34-27-24-21-18-15-12-9-6-3/h8-9,11-12,17-18,20-21,26-27,29,34-35,37,41,44,62-63,67H,4-7,10,13-16,19,22-25,28,30-33,36,38-40,42-43,45-61H2,1-3H3,(H,71,72)/b11-8-,12-9-,20-17-,21-18-,29-26-,34-27-,37-35-,44-41-. The molecular weight excluding hydrogens is 1000 g/mol. The van der Waals surface area contributed by atoms with E-state index in [1.165, 1.54) is 96.3 Å². The Labute approximate surface area is 476 Å². The molecule has 0 aliphatic carbocycles. The monoisotopic (exact) mass is 1110 g/mol. The van der Waals surface area contributed by atoms with Gasteiger partial charge in [0.05, 0.1) is 19.8 Å². The molecule has 0 amide bonds. The van der Waals surface area contributed by atoms with Crippen LogP contribution in [0.1, 0.15) is 265 Å². The van der Waals surface area contributed by atoms with Crippen LogP contribution in [0.4, 0.5) is 0 Å². The summed E-state index contributed by atoms with van der Waals surface area (Å²) in [6, 6.07) is 0. The molecule has 3 unspecified atom stereocenters. The predicted octanol–water partition coefficient (Wildman–Crippen LogP) is 18.8. The highest BCUT2D eigenvalue weighted by Crippen LogP contribution is 2.43. The zero-order valence-electron chi connectivity index (χ0n) is 49.6. The highest BCUT2D eigenvalue weighted by molar-refractivity contribution is 7.47. The summed E-state index contributed by atoms with van der Waals surface area (Å²) in [5.74, 6) is -1.53. The van der Waals surface area contributed by atoms with E-state index in [0.717, 1.165) is 109 Å². The number of phosphoric ester groups is 1. The number of hydrogen-bond acceptors (Lipinski definition) is 10. The summed E-state index contributed by atoms with van der Waals surface area (Å²) in [7, 11) is -4.77. The average Bonchev–Trinajstić information content (AvgIpc) is 3.43. The molecule has 0 aliphatic heterocycles. The second-order valence-corrected chi connectivity index (χ2v) is 21.9. The number of unbranched alkanes of at least 4 members (excludes halogenated alkanes) is 24. The minimum atomic E-state index is -4.77. The van der Waals surface area contributed by atoms with Crippen molar-refractivity contribution in [2.24, 2.45) is 0 Å². The summed E-state index contributed by atoms with van der Waals surface area (Å²) in [4.78, 5) is 48.7. The molecule has 78 heavy (non-hydrogen) atoms. The minimum Gasteiger partial charge on any atom is -0.462 e. The van der Waals surface area contributed by atoms with Crippen LogP contribution >= 0.6 is 7.82 Å². The fourth-order valence-electron chi connectivity index (χ4n) is 8.34. The first-order valence-electron chi connectivity index (χ1n) is 31.1. The van der Waals surface area contributed by atoms with Crippen molar-refractivity contribution in [2.45, 2.75) is 277 Å². The van der Waals surface area contributed by atoms with Crippen molar-refractivity contribution in [1.82, 2.24) is 0 Å². The molecule has 2 N–H and O–H groups in total. The largest absolute Gasteiger partial charge is 0.472 e. The predicted molar refractivity (Wildman–Crippen MR) is 325 cm³/mol. The molecule has 0 aromatic carbocycles. The molecule has 0 saturated carbocycles. The zero-order chi connectivity index (χ0) is 56.9.